The summed E-state index contributed by atoms with van der Waals surface area (Å²) in [5, 5.41) is 5.21. The molecule has 0 spiro atoms. The van der Waals surface area contributed by atoms with Gasteiger partial charge in [0.1, 0.15) is 0 Å². The number of anilines is 3. The molecule has 0 bridgehead atoms. The number of aromatic nitrogens is 1. The Hall–Kier alpha value is -6.38. The largest absolute Gasteiger partial charge is 0.311 e. The average molecular weight is 693 g/mol. The van der Waals surface area contributed by atoms with E-state index in [0.717, 1.165) is 17.1 Å². The lowest BCUT2D eigenvalue weighted by atomic mass is 9.68. The molecule has 2 nitrogen and oxygen atoms in total. The third-order valence-corrected chi connectivity index (χ3v) is 12.5. The monoisotopic (exact) mass is 692 g/mol. The normalized spacial score (nSPS) is 14.6. The first kappa shape index (κ1) is 31.2. The number of benzene rings is 8. The first-order chi connectivity index (χ1) is 26.3. The van der Waals surface area contributed by atoms with Gasteiger partial charge >= 0.3 is 0 Å². The van der Waals surface area contributed by atoms with Gasteiger partial charge in [0.25, 0.3) is 0 Å². The molecule has 258 valence electrons. The molecule has 0 unspecified atom stereocenters. The quantitative estimate of drug-likeness (QED) is 0.174. The number of fused-ring (bicyclic) bond motifs is 2. The Morgan fingerprint density at radius 2 is 0.889 bits per heavy atom. The second kappa shape index (κ2) is 11.1. The van der Waals surface area contributed by atoms with E-state index in [4.69, 9.17) is 0 Å². The van der Waals surface area contributed by atoms with E-state index in [2.05, 4.69) is 207 Å². The van der Waals surface area contributed by atoms with E-state index in [-0.39, 0.29) is 10.8 Å². The molecule has 8 aromatic carbocycles. The van der Waals surface area contributed by atoms with E-state index in [9.17, 15) is 0 Å². The lowest BCUT2D eigenvalue weighted by Gasteiger charge is -2.42. The summed E-state index contributed by atoms with van der Waals surface area (Å²) in [5.74, 6) is 0. The highest BCUT2D eigenvalue weighted by Gasteiger charge is 2.43. The van der Waals surface area contributed by atoms with Crippen LogP contribution in [0.3, 0.4) is 0 Å². The van der Waals surface area contributed by atoms with Gasteiger partial charge in [0, 0.05) is 38.7 Å². The second-order valence-corrected chi connectivity index (χ2v) is 16.2. The fraction of sp³-hybridized carbons (Fsp3) is 0.115. The summed E-state index contributed by atoms with van der Waals surface area (Å²) in [5.41, 5.74) is 17.7. The van der Waals surface area contributed by atoms with Gasteiger partial charge in [0.2, 0.25) is 0 Å². The molecular formula is C52H40N2. The maximum Gasteiger partial charge on any atom is 0.0582 e. The number of rotatable bonds is 5. The first-order valence-corrected chi connectivity index (χ1v) is 19.1. The predicted octanol–water partition coefficient (Wildman–Crippen LogP) is 14.0. The Morgan fingerprint density at radius 1 is 0.389 bits per heavy atom. The second-order valence-electron chi connectivity index (χ2n) is 16.2. The standard InChI is InChI=1S/C52H40N2/c1-51(2)44-23-14-24-45-50(44)54-48-42(43-30-36(32-47(49(43)54)52(45,3)4)41-22-13-16-34-15-11-12-21-40(34)41)29-35(31-46(48)51)33-25-27-39(28-26-33)53(37-17-7-5-8-18-37)38-19-9-6-10-20-38/h5-32H,1-4H3. The zero-order chi connectivity index (χ0) is 36.3. The van der Waals surface area contributed by atoms with E-state index >= 15 is 0 Å². The van der Waals surface area contributed by atoms with Crippen molar-refractivity contribution in [2.45, 2.75) is 38.5 Å². The van der Waals surface area contributed by atoms with Gasteiger partial charge < -0.3 is 9.47 Å². The molecule has 0 aliphatic carbocycles. The minimum atomic E-state index is -0.187. The summed E-state index contributed by atoms with van der Waals surface area (Å²) >= 11 is 0. The molecule has 2 aliphatic rings. The molecule has 0 saturated carbocycles. The lowest BCUT2D eigenvalue weighted by molar-refractivity contribution is 0.594. The minimum absolute atomic E-state index is 0.176. The van der Waals surface area contributed by atoms with Crippen LogP contribution in [-0.2, 0) is 10.8 Å². The average Bonchev–Trinajstić information content (AvgIpc) is 3.54. The number of nitrogens with zero attached hydrogens (tertiary/aromatic N) is 2. The zero-order valence-electron chi connectivity index (χ0n) is 31.1. The van der Waals surface area contributed by atoms with Crippen LogP contribution >= 0.6 is 0 Å². The van der Waals surface area contributed by atoms with Gasteiger partial charge in [-0.25, -0.2) is 0 Å². The molecule has 0 fully saturated rings. The summed E-state index contributed by atoms with van der Waals surface area (Å²) in [6, 6.07) is 62.9. The maximum atomic E-state index is 2.63. The summed E-state index contributed by atoms with van der Waals surface area (Å²) in [7, 11) is 0. The molecule has 1 aromatic heterocycles. The summed E-state index contributed by atoms with van der Waals surface area (Å²) in [6.45, 7) is 9.70. The number of hydrogen-bond acceptors (Lipinski definition) is 1. The van der Waals surface area contributed by atoms with E-state index in [1.807, 2.05) is 0 Å². The third-order valence-electron chi connectivity index (χ3n) is 12.5. The van der Waals surface area contributed by atoms with Gasteiger partial charge in [-0.3, -0.25) is 0 Å². The van der Waals surface area contributed by atoms with E-state index in [0.29, 0.717) is 0 Å². The van der Waals surface area contributed by atoms with Gasteiger partial charge in [-0.05, 0) is 116 Å². The molecular weight excluding hydrogens is 653 g/mol. The van der Waals surface area contributed by atoms with Crippen molar-refractivity contribution >= 4 is 49.6 Å². The van der Waals surface area contributed by atoms with E-state index in [1.54, 1.807) is 0 Å². The van der Waals surface area contributed by atoms with Gasteiger partial charge in [-0.15, -0.1) is 0 Å². The molecule has 3 heterocycles. The Labute approximate surface area is 316 Å². The van der Waals surface area contributed by atoms with Crippen molar-refractivity contribution in [3.63, 3.8) is 0 Å². The molecule has 2 heteroatoms. The van der Waals surface area contributed by atoms with Crippen LogP contribution in [0.25, 0.3) is 60.5 Å². The van der Waals surface area contributed by atoms with E-state index in [1.165, 1.54) is 82.8 Å². The molecule has 11 rings (SSSR count). The van der Waals surface area contributed by atoms with Crippen LogP contribution < -0.4 is 4.90 Å². The maximum absolute atomic E-state index is 2.63. The van der Waals surface area contributed by atoms with Gasteiger partial charge in [0.05, 0.1) is 16.7 Å². The molecule has 2 aliphatic heterocycles. The van der Waals surface area contributed by atoms with Crippen molar-refractivity contribution in [1.29, 1.82) is 0 Å². The van der Waals surface area contributed by atoms with Crippen LogP contribution in [0.4, 0.5) is 17.1 Å². The van der Waals surface area contributed by atoms with E-state index < -0.39 is 0 Å². The summed E-state index contributed by atoms with van der Waals surface area (Å²) in [4.78, 5) is 2.33. The molecule has 54 heavy (non-hydrogen) atoms. The van der Waals surface area contributed by atoms with Crippen molar-refractivity contribution in [3.05, 3.63) is 192 Å². The Kier molecular flexibility index (Phi) is 6.39. The van der Waals surface area contributed by atoms with Crippen molar-refractivity contribution in [2.24, 2.45) is 0 Å². The molecule has 0 N–H and O–H groups in total. The number of para-hydroxylation sites is 3. The number of hydrogen-bond donors (Lipinski definition) is 0. The van der Waals surface area contributed by atoms with Crippen LogP contribution in [0.2, 0.25) is 0 Å². The molecule has 0 amide bonds. The highest BCUT2D eigenvalue weighted by atomic mass is 15.1. The van der Waals surface area contributed by atoms with Crippen LogP contribution in [-0.4, -0.2) is 4.57 Å². The van der Waals surface area contributed by atoms with Crippen LogP contribution in [0.15, 0.2) is 170 Å². The predicted molar refractivity (Wildman–Crippen MR) is 228 cm³/mol. The van der Waals surface area contributed by atoms with Gasteiger partial charge in [-0.2, -0.15) is 0 Å². The Morgan fingerprint density at radius 3 is 1.52 bits per heavy atom. The molecule has 0 saturated heterocycles. The Balaban J connectivity index is 1.18. The summed E-state index contributed by atoms with van der Waals surface area (Å²) in [6.07, 6.45) is 0. The SMILES string of the molecule is CC1(C)c2cccc3c2-n2c4c1cc(-c1ccc(N(c5ccccc5)c5ccccc5)cc1)cc4c1cc(-c4cccc5ccccc45)cc(c12)C3(C)C. The minimum Gasteiger partial charge on any atom is -0.311 e. The first-order valence-electron chi connectivity index (χ1n) is 19.1. The topological polar surface area (TPSA) is 8.17 Å². The van der Waals surface area contributed by atoms with Crippen molar-refractivity contribution in [3.8, 4) is 27.9 Å². The highest BCUT2D eigenvalue weighted by molar-refractivity contribution is 6.16. The fourth-order valence-electron chi connectivity index (χ4n) is 9.74. The smallest absolute Gasteiger partial charge is 0.0582 e. The third kappa shape index (κ3) is 4.23. The molecule has 0 radical (unpaired) electrons. The lowest BCUT2D eigenvalue weighted by Crippen LogP contribution is -2.33. The zero-order valence-corrected chi connectivity index (χ0v) is 31.1. The molecule has 9 aromatic rings. The molecule has 0 atom stereocenters. The van der Waals surface area contributed by atoms with Crippen molar-refractivity contribution in [2.75, 3.05) is 4.90 Å². The fourth-order valence-corrected chi connectivity index (χ4v) is 9.74. The van der Waals surface area contributed by atoms with Crippen molar-refractivity contribution in [1.82, 2.24) is 4.57 Å². The summed E-state index contributed by atoms with van der Waals surface area (Å²) < 4.78 is 2.63. The van der Waals surface area contributed by atoms with Crippen LogP contribution in [0.5, 0.6) is 0 Å². The van der Waals surface area contributed by atoms with Gasteiger partial charge in [-0.1, -0.05) is 137 Å². The van der Waals surface area contributed by atoms with Crippen LogP contribution in [0.1, 0.15) is 49.9 Å². The Bertz CT molecular complexity index is 2920. The van der Waals surface area contributed by atoms with Crippen molar-refractivity contribution < 1.29 is 0 Å². The van der Waals surface area contributed by atoms with Gasteiger partial charge in [0.15, 0.2) is 0 Å². The van der Waals surface area contributed by atoms with Crippen LogP contribution in [0, 0.1) is 0 Å². The highest BCUT2D eigenvalue weighted by Crippen LogP contribution is 2.56.